The van der Waals surface area contributed by atoms with Crippen molar-refractivity contribution in [3.8, 4) is 5.69 Å². The van der Waals surface area contributed by atoms with E-state index in [9.17, 15) is 4.79 Å². The molecule has 1 amide bonds. The molecule has 146 valence electrons. The number of hydrogen-bond acceptors (Lipinski definition) is 4. The Morgan fingerprint density at radius 2 is 1.59 bits per heavy atom. The summed E-state index contributed by atoms with van der Waals surface area (Å²) in [6.07, 6.45) is 0. The molecule has 6 nitrogen and oxygen atoms in total. The number of carbonyl (C=O) groups excluding carboxylic acids is 1. The van der Waals surface area contributed by atoms with Crippen LogP contribution in [0.2, 0.25) is 0 Å². The third kappa shape index (κ3) is 3.96. The van der Waals surface area contributed by atoms with Crippen LogP contribution in [0.1, 0.15) is 24.2 Å². The van der Waals surface area contributed by atoms with Gasteiger partial charge in [-0.05, 0) is 68.4 Å². The zero-order valence-electron chi connectivity index (χ0n) is 16.5. The predicted molar refractivity (Wildman–Crippen MR) is 117 cm³/mol. The number of carbonyl (C=O) groups is 1. The van der Waals surface area contributed by atoms with E-state index in [-0.39, 0.29) is 5.91 Å². The molecule has 0 aliphatic heterocycles. The molecule has 0 saturated heterocycles. The summed E-state index contributed by atoms with van der Waals surface area (Å²) >= 11 is 0. The van der Waals surface area contributed by atoms with Crippen LogP contribution in [0, 0.1) is 0 Å². The van der Waals surface area contributed by atoms with E-state index in [1.54, 1.807) is 16.9 Å². The number of rotatable bonds is 6. The molecule has 29 heavy (non-hydrogen) atoms. The van der Waals surface area contributed by atoms with Gasteiger partial charge >= 0.3 is 0 Å². The number of fused-ring (bicyclic) bond motifs is 1. The second-order valence-corrected chi connectivity index (χ2v) is 6.70. The molecular formula is C23H23N5O. The molecule has 0 bridgehead atoms. The van der Waals surface area contributed by atoms with E-state index >= 15 is 0 Å². The summed E-state index contributed by atoms with van der Waals surface area (Å²) in [5.41, 5.74) is 4.88. The average Bonchev–Trinajstić information content (AvgIpc) is 3.19. The molecule has 0 atom stereocenters. The lowest BCUT2D eigenvalue weighted by molar-refractivity contribution is 0.102. The second kappa shape index (κ2) is 8.14. The Bertz CT molecular complexity index is 1120. The monoisotopic (exact) mass is 385 g/mol. The Labute approximate surface area is 169 Å². The summed E-state index contributed by atoms with van der Waals surface area (Å²) in [5, 5.41) is 12.0. The van der Waals surface area contributed by atoms with Crippen molar-refractivity contribution in [2.45, 2.75) is 13.8 Å². The van der Waals surface area contributed by atoms with Crippen LogP contribution >= 0.6 is 0 Å². The van der Waals surface area contributed by atoms with Gasteiger partial charge in [0, 0.05) is 30.0 Å². The fourth-order valence-corrected chi connectivity index (χ4v) is 3.29. The lowest BCUT2D eigenvalue weighted by Crippen LogP contribution is -2.21. The Morgan fingerprint density at radius 1 is 0.897 bits per heavy atom. The molecule has 6 heteroatoms. The molecular weight excluding hydrogens is 362 g/mol. The minimum absolute atomic E-state index is 0.149. The number of nitrogens with one attached hydrogen (secondary N) is 1. The second-order valence-electron chi connectivity index (χ2n) is 6.70. The molecule has 0 aliphatic rings. The number of nitrogens with zero attached hydrogens (tertiary/aromatic N) is 4. The third-order valence-electron chi connectivity index (χ3n) is 4.88. The van der Waals surface area contributed by atoms with E-state index in [1.807, 2.05) is 48.5 Å². The van der Waals surface area contributed by atoms with Gasteiger partial charge in [-0.2, -0.15) is 4.80 Å². The van der Waals surface area contributed by atoms with E-state index in [0.29, 0.717) is 11.3 Å². The lowest BCUT2D eigenvalue weighted by atomic mass is 10.2. The normalized spacial score (nSPS) is 10.8. The van der Waals surface area contributed by atoms with Gasteiger partial charge in [0.05, 0.1) is 5.69 Å². The van der Waals surface area contributed by atoms with Crippen LogP contribution in [-0.2, 0) is 0 Å². The zero-order chi connectivity index (χ0) is 20.2. The van der Waals surface area contributed by atoms with E-state index < -0.39 is 0 Å². The summed E-state index contributed by atoms with van der Waals surface area (Å²) in [6.45, 7) is 6.23. The van der Waals surface area contributed by atoms with Crippen molar-refractivity contribution in [3.05, 3.63) is 78.4 Å². The van der Waals surface area contributed by atoms with Crippen molar-refractivity contribution < 1.29 is 4.79 Å². The molecule has 0 fully saturated rings. The van der Waals surface area contributed by atoms with E-state index in [1.165, 1.54) is 5.69 Å². The SMILES string of the molecule is CCN(CC)c1ccc(-n2nc3ccc(NC(=O)c4ccccc4)cc3n2)cc1. The van der Waals surface area contributed by atoms with Crippen LogP contribution in [0.25, 0.3) is 16.7 Å². The maximum Gasteiger partial charge on any atom is 0.255 e. The van der Waals surface area contributed by atoms with E-state index in [2.05, 4.69) is 46.4 Å². The average molecular weight is 385 g/mol. The molecule has 1 heterocycles. The molecule has 0 saturated carbocycles. The Morgan fingerprint density at radius 3 is 2.28 bits per heavy atom. The first-order valence-electron chi connectivity index (χ1n) is 9.77. The third-order valence-corrected chi connectivity index (χ3v) is 4.88. The smallest absolute Gasteiger partial charge is 0.255 e. The maximum atomic E-state index is 12.4. The summed E-state index contributed by atoms with van der Waals surface area (Å²) in [6, 6.07) is 22.9. The number of anilines is 2. The van der Waals surface area contributed by atoms with Gasteiger partial charge in [-0.25, -0.2) is 0 Å². The number of amides is 1. The summed E-state index contributed by atoms with van der Waals surface area (Å²) in [5.74, 6) is -0.149. The van der Waals surface area contributed by atoms with Crippen LogP contribution in [0.5, 0.6) is 0 Å². The Balaban J connectivity index is 1.56. The highest BCUT2D eigenvalue weighted by molar-refractivity contribution is 6.04. The van der Waals surface area contributed by atoms with E-state index in [4.69, 9.17) is 0 Å². The first-order chi connectivity index (χ1) is 14.2. The van der Waals surface area contributed by atoms with Crippen LogP contribution < -0.4 is 10.2 Å². The Kier molecular flexibility index (Phi) is 5.24. The van der Waals surface area contributed by atoms with Gasteiger partial charge < -0.3 is 10.2 Å². The van der Waals surface area contributed by atoms with Gasteiger partial charge in [-0.3, -0.25) is 4.79 Å². The van der Waals surface area contributed by atoms with Crippen LogP contribution in [0.4, 0.5) is 11.4 Å². The Hall–Kier alpha value is -3.67. The molecule has 1 N–H and O–H groups in total. The summed E-state index contributed by atoms with van der Waals surface area (Å²) < 4.78 is 0. The molecule has 4 rings (SSSR count). The van der Waals surface area contributed by atoms with Gasteiger partial charge in [0.25, 0.3) is 5.91 Å². The number of hydrogen-bond donors (Lipinski definition) is 1. The minimum atomic E-state index is -0.149. The summed E-state index contributed by atoms with van der Waals surface area (Å²) in [4.78, 5) is 16.3. The zero-order valence-corrected chi connectivity index (χ0v) is 16.5. The highest BCUT2D eigenvalue weighted by atomic mass is 16.1. The molecule has 0 spiro atoms. The quantitative estimate of drug-likeness (QED) is 0.530. The van der Waals surface area contributed by atoms with Crippen LogP contribution in [0.3, 0.4) is 0 Å². The maximum absolute atomic E-state index is 12.4. The first-order valence-corrected chi connectivity index (χ1v) is 9.77. The molecule has 0 aliphatic carbocycles. The van der Waals surface area contributed by atoms with Gasteiger partial charge in [0.15, 0.2) is 0 Å². The minimum Gasteiger partial charge on any atom is -0.372 e. The lowest BCUT2D eigenvalue weighted by Gasteiger charge is -2.20. The van der Waals surface area contributed by atoms with Crippen LogP contribution in [0.15, 0.2) is 72.8 Å². The first kappa shape index (κ1) is 18.7. The van der Waals surface area contributed by atoms with Gasteiger partial charge in [0.1, 0.15) is 11.0 Å². The van der Waals surface area contributed by atoms with Crippen molar-refractivity contribution in [2.75, 3.05) is 23.3 Å². The molecule has 1 aromatic heterocycles. The highest BCUT2D eigenvalue weighted by Crippen LogP contribution is 2.20. The fourth-order valence-electron chi connectivity index (χ4n) is 3.29. The standard InChI is InChI=1S/C23H23N5O/c1-3-27(4-2)19-11-13-20(14-12-19)28-25-21-15-10-18(16-22(21)26-28)24-23(29)17-8-6-5-7-9-17/h5-16H,3-4H2,1-2H3,(H,24,29). The molecule has 3 aromatic carbocycles. The molecule has 0 unspecified atom stereocenters. The van der Waals surface area contributed by atoms with Crippen molar-refractivity contribution in [1.29, 1.82) is 0 Å². The number of aromatic nitrogens is 3. The van der Waals surface area contributed by atoms with Gasteiger partial charge in [-0.1, -0.05) is 18.2 Å². The summed E-state index contributed by atoms with van der Waals surface area (Å²) in [7, 11) is 0. The number of benzene rings is 3. The molecule has 4 aromatic rings. The van der Waals surface area contributed by atoms with Crippen molar-refractivity contribution in [3.63, 3.8) is 0 Å². The fraction of sp³-hybridized carbons (Fsp3) is 0.174. The van der Waals surface area contributed by atoms with Crippen LogP contribution in [-0.4, -0.2) is 34.0 Å². The largest absolute Gasteiger partial charge is 0.372 e. The predicted octanol–water partition coefficient (Wildman–Crippen LogP) is 4.52. The van der Waals surface area contributed by atoms with E-state index in [0.717, 1.165) is 29.8 Å². The highest BCUT2D eigenvalue weighted by Gasteiger charge is 2.09. The van der Waals surface area contributed by atoms with Gasteiger partial charge in [0.2, 0.25) is 0 Å². The van der Waals surface area contributed by atoms with Gasteiger partial charge in [-0.15, -0.1) is 10.2 Å². The molecule has 0 radical (unpaired) electrons. The van der Waals surface area contributed by atoms with Crippen molar-refractivity contribution in [2.24, 2.45) is 0 Å². The van der Waals surface area contributed by atoms with Crippen molar-refractivity contribution in [1.82, 2.24) is 15.0 Å². The topological polar surface area (TPSA) is 63.1 Å². The van der Waals surface area contributed by atoms with Crippen molar-refractivity contribution >= 4 is 28.3 Å².